The molecule has 0 aromatic carbocycles. The molecule has 0 aromatic rings. The number of carbonyl (C=O) groups is 1. The second-order valence-corrected chi connectivity index (χ2v) is 6.37. The van der Waals surface area contributed by atoms with Gasteiger partial charge < -0.3 is 10.2 Å². The molecule has 1 amide bonds. The largest absolute Gasteiger partial charge is 0.341 e. The average Bonchev–Trinajstić information content (AvgIpc) is 2.73. The zero-order valence-electron chi connectivity index (χ0n) is 12.5. The van der Waals surface area contributed by atoms with Gasteiger partial charge in [-0.3, -0.25) is 4.79 Å². The Bertz CT molecular complexity index is 266. The molecule has 3 nitrogen and oxygen atoms in total. The molecule has 1 atom stereocenters. The summed E-state index contributed by atoms with van der Waals surface area (Å²) >= 11 is 0. The summed E-state index contributed by atoms with van der Waals surface area (Å²) in [7, 11) is 0. The maximum absolute atomic E-state index is 12.3. The average molecular weight is 266 g/mol. The van der Waals surface area contributed by atoms with Crippen molar-refractivity contribution in [3.8, 4) is 0 Å². The molecule has 1 aliphatic heterocycles. The third-order valence-corrected chi connectivity index (χ3v) is 4.73. The Balaban J connectivity index is 1.70. The second-order valence-electron chi connectivity index (χ2n) is 6.37. The van der Waals surface area contributed by atoms with Gasteiger partial charge in [-0.2, -0.15) is 0 Å². The van der Waals surface area contributed by atoms with Crippen molar-refractivity contribution in [2.45, 2.75) is 70.8 Å². The van der Waals surface area contributed by atoms with Crippen LogP contribution in [0.5, 0.6) is 0 Å². The molecule has 2 aliphatic rings. The highest BCUT2D eigenvalue weighted by Crippen LogP contribution is 2.22. The molecule has 1 saturated carbocycles. The molecular weight excluding hydrogens is 236 g/mol. The minimum atomic E-state index is 0.00125. The molecule has 0 aromatic heterocycles. The first-order valence-corrected chi connectivity index (χ1v) is 8.29. The summed E-state index contributed by atoms with van der Waals surface area (Å²) in [6.07, 6.45) is 11.9. The van der Waals surface area contributed by atoms with Crippen molar-refractivity contribution in [3.63, 3.8) is 0 Å². The number of piperidine rings is 1. The van der Waals surface area contributed by atoms with E-state index in [0.717, 1.165) is 25.6 Å². The Hall–Kier alpha value is -0.570. The quantitative estimate of drug-likeness (QED) is 0.794. The predicted octanol–water partition coefficient (Wildman–Crippen LogP) is 2.95. The number of hydrogen-bond donors (Lipinski definition) is 1. The molecule has 3 heteroatoms. The number of rotatable bonds is 4. The summed E-state index contributed by atoms with van der Waals surface area (Å²) in [6.45, 7) is 5.00. The topological polar surface area (TPSA) is 32.3 Å². The van der Waals surface area contributed by atoms with Crippen LogP contribution in [0.25, 0.3) is 0 Å². The maximum Gasteiger partial charge on any atom is 0.239 e. The normalized spacial score (nSPS) is 23.9. The Morgan fingerprint density at radius 1 is 1.05 bits per heavy atom. The molecule has 1 heterocycles. The van der Waals surface area contributed by atoms with Crippen LogP contribution in [0.15, 0.2) is 0 Å². The molecule has 110 valence electrons. The minimum Gasteiger partial charge on any atom is -0.341 e. The highest BCUT2D eigenvalue weighted by atomic mass is 16.2. The van der Waals surface area contributed by atoms with Gasteiger partial charge in [0.05, 0.1) is 6.04 Å². The lowest BCUT2D eigenvalue weighted by atomic mass is 10.00. The van der Waals surface area contributed by atoms with Crippen LogP contribution in [0.4, 0.5) is 0 Å². The van der Waals surface area contributed by atoms with Crippen LogP contribution in [0, 0.1) is 5.92 Å². The van der Waals surface area contributed by atoms with Crippen molar-refractivity contribution in [3.05, 3.63) is 0 Å². The van der Waals surface area contributed by atoms with Gasteiger partial charge in [-0.05, 0) is 51.5 Å². The van der Waals surface area contributed by atoms with Crippen molar-refractivity contribution in [1.29, 1.82) is 0 Å². The molecule has 19 heavy (non-hydrogen) atoms. The third-order valence-electron chi connectivity index (χ3n) is 4.73. The van der Waals surface area contributed by atoms with Crippen molar-refractivity contribution >= 4 is 5.91 Å². The SMILES string of the molecule is CC(NCC1CCCCCC1)C(=O)N1CCCCC1. The molecule has 2 rings (SSSR count). The van der Waals surface area contributed by atoms with E-state index < -0.39 is 0 Å². The van der Waals surface area contributed by atoms with Crippen molar-refractivity contribution in [2.24, 2.45) is 5.92 Å². The third kappa shape index (κ3) is 4.79. The van der Waals surface area contributed by atoms with Crippen LogP contribution in [0.1, 0.15) is 64.7 Å². The predicted molar refractivity (Wildman–Crippen MR) is 79.1 cm³/mol. The van der Waals surface area contributed by atoms with Gasteiger partial charge in [-0.15, -0.1) is 0 Å². The molecule has 1 unspecified atom stereocenters. The minimum absolute atomic E-state index is 0.00125. The Morgan fingerprint density at radius 2 is 1.63 bits per heavy atom. The number of hydrogen-bond acceptors (Lipinski definition) is 2. The van der Waals surface area contributed by atoms with Gasteiger partial charge in [-0.1, -0.05) is 25.7 Å². The number of amides is 1. The Labute approximate surface area is 118 Å². The summed E-state index contributed by atoms with van der Waals surface area (Å²) in [5.41, 5.74) is 0. The molecule has 1 N–H and O–H groups in total. The smallest absolute Gasteiger partial charge is 0.239 e. The van der Waals surface area contributed by atoms with E-state index in [9.17, 15) is 4.79 Å². The Morgan fingerprint density at radius 3 is 2.26 bits per heavy atom. The van der Waals surface area contributed by atoms with Crippen molar-refractivity contribution in [1.82, 2.24) is 10.2 Å². The van der Waals surface area contributed by atoms with Crippen LogP contribution in [-0.4, -0.2) is 36.5 Å². The van der Waals surface area contributed by atoms with Crippen LogP contribution in [-0.2, 0) is 4.79 Å². The number of nitrogens with one attached hydrogen (secondary N) is 1. The lowest BCUT2D eigenvalue weighted by molar-refractivity contribution is -0.133. The summed E-state index contributed by atoms with van der Waals surface area (Å²) in [5.74, 6) is 1.10. The van der Waals surface area contributed by atoms with Gasteiger partial charge in [0.2, 0.25) is 5.91 Å². The van der Waals surface area contributed by atoms with Crippen LogP contribution in [0.3, 0.4) is 0 Å². The number of nitrogens with zero attached hydrogens (tertiary/aromatic N) is 1. The van der Waals surface area contributed by atoms with Gasteiger partial charge >= 0.3 is 0 Å². The van der Waals surface area contributed by atoms with E-state index in [2.05, 4.69) is 5.32 Å². The first kappa shape index (κ1) is 14.8. The molecular formula is C16H30N2O. The molecule has 0 spiro atoms. The molecule has 0 bridgehead atoms. The Kier molecular flexibility index (Phi) is 6.15. The number of carbonyl (C=O) groups excluding carboxylic acids is 1. The van der Waals surface area contributed by atoms with E-state index in [1.54, 1.807) is 0 Å². The van der Waals surface area contributed by atoms with Gasteiger partial charge in [0.15, 0.2) is 0 Å². The first-order valence-electron chi connectivity index (χ1n) is 8.29. The summed E-state index contributed by atoms with van der Waals surface area (Å²) in [5, 5.41) is 3.49. The highest BCUT2D eigenvalue weighted by molar-refractivity contribution is 5.81. The van der Waals surface area contributed by atoms with Gasteiger partial charge in [0.25, 0.3) is 0 Å². The monoisotopic (exact) mass is 266 g/mol. The van der Waals surface area contributed by atoms with E-state index in [-0.39, 0.29) is 6.04 Å². The number of likely N-dealkylation sites (tertiary alicyclic amines) is 1. The fourth-order valence-corrected chi connectivity index (χ4v) is 3.39. The second kappa shape index (κ2) is 7.88. The zero-order chi connectivity index (χ0) is 13.5. The summed E-state index contributed by atoms with van der Waals surface area (Å²) in [4.78, 5) is 14.4. The molecule has 1 aliphatic carbocycles. The van der Waals surface area contributed by atoms with Gasteiger partial charge in [-0.25, -0.2) is 0 Å². The summed E-state index contributed by atoms with van der Waals surface area (Å²) in [6, 6.07) is 0.00125. The zero-order valence-corrected chi connectivity index (χ0v) is 12.5. The van der Waals surface area contributed by atoms with Crippen LogP contribution in [0.2, 0.25) is 0 Å². The van der Waals surface area contributed by atoms with Crippen LogP contribution >= 0.6 is 0 Å². The van der Waals surface area contributed by atoms with E-state index >= 15 is 0 Å². The molecule has 0 radical (unpaired) electrons. The lowest BCUT2D eigenvalue weighted by Gasteiger charge is -2.30. The van der Waals surface area contributed by atoms with Crippen molar-refractivity contribution < 1.29 is 4.79 Å². The lowest BCUT2D eigenvalue weighted by Crippen LogP contribution is -2.47. The standard InChI is InChI=1S/C16H30N2O/c1-14(16(19)18-11-7-4-8-12-18)17-13-15-9-5-2-3-6-10-15/h14-15,17H,2-13H2,1H3. The van der Waals surface area contributed by atoms with Crippen LogP contribution < -0.4 is 5.32 Å². The van der Waals surface area contributed by atoms with E-state index in [0.29, 0.717) is 5.91 Å². The molecule has 2 fully saturated rings. The highest BCUT2D eigenvalue weighted by Gasteiger charge is 2.22. The fraction of sp³-hybridized carbons (Fsp3) is 0.938. The van der Waals surface area contributed by atoms with E-state index in [4.69, 9.17) is 0 Å². The van der Waals surface area contributed by atoms with Crippen molar-refractivity contribution in [2.75, 3.05) is 19.6 Å². The van der Waals surface area contributed by atoms with E-state index in [1.165, 1.54) is 57.8 Å². The fourth-order valence-electron chi connectivity index (χ4n) is 3.39. The van der Waals surface area contributed by atoms with Gasteiger partial charge in [0.1, 0.15) is 0 Å². The first-order chi connectivity index (χ1) is 9.27. The summed E-state index contributed by atoms with van der Waals surface area (Å²) < 4.78 is 0. The van der Waals surface area contributed by atoms with Gasteiger partial charge in [0, 0.05) is 13.1 Å². The maximum atomic E-state index is 12.3. The van der Waals surface area contributed by atoms with E-state index in [1.807, 2.05) is 11.8 Å². The molecule has 1 saturated heterocycles.